The number of carbonyl (C=O) groups is 2. The van der Waals surface area contributed by atoms with E-state index in [1.54, 1.807) is 9.58 Å². The summed E-state index contributed by atoms with van der Waals surface area (Å²) in [5.74, 6) is -0.236. The van der Waals surface area contributed by atoms with Crippen LogP contribution in [0, 0.1) is 0 Å². The number of amides is 2. The first-order chi connectivity index (χ1) is 26.2. The number of likely N-dealkylation sites (tertiary alicyclic amines) is 2. The fourth-order valence-electron chi connectivity index (χ4n) is 8.22. The second kappa shape index (κ2) is 16.4. The molecule has 296 valence electrons. The average Bonchev–Trinajstić information content (AvgIpc) is 3.76. The number of benzene rings is 2. The van der Waals surface area contributed by atoms with Gasteiger partial charge in [-0.15, -0.1) is 11.8 Å². The quantitative estimate of drug-likeness (QED) is 0.277. The maximum absolute atomic E-state index is 14.3. The van der Waals surface area contributed by atoms with Gasteiger partial charge in [0.05, 0.1) is 35.9 Å². The van der Waals surface area contributed by atoms with E-state index in [0.717, 1.165) is 79.8 Å². The van der Waals surface area contributed by atoms with Crippen molar-refractivity contribution in [2.24, 2.45) is 0 Å². The molecular formula is C39H47F3N6O5S2. The van der Waals surface area contributed by atoms with E-state index in [9.17, 15) is 36.3 Å². The molecule has 5 heterocycles. The van der Waals surface area contributed by atoms with Crippen LogP contribution in [0.3, 0.4) is 0 Å². The van der Waals surface area contributed by atoms with Gasteiger partial charge in [-0.2, -0.15) is 22.6 Å². The minimum atomic E-state index is -4.67. The molecule has 1 aromatic heterocycles. The number of hydrogen-bond donors (Lipinski definition) is 1. The Morgan fingerprint density at radius 3 is 2.40 bits per heavy atom. The summed E-state index contributed by atoms with van der Waals surface area (Å²) in [6, 6.07) is 13.8. The number of β-amino-alcohol motifs (C(OH)–C–C–N with tert-alkyl or cyclic N) is 1. The minimum absolute atomic E-state index is 0.00222. The molecule has 55 heavy (non-hydrogen) atoms. The van der Waals surface area contributed by atoms with Gasteiger partial charge in [-0.1, -0.05) is 42.5 Å². The highest BCUT2D eigenvalue weighted by atomic mass is 32.2. The molecule has 0 saturated carbocycles. The van der Waals surface area contributed by atoms with Crippen molar-refractivity contribution in [3.05, 3.63) is 77.0 Å². The molecule has 2 amide bonds. The molecule has 1 N–H and O–H groups in total. The number of alkyl halides is 3. The van der Waals surface area contributed by atoms with Crippen LogP contribution in [0.1, 0.15) is 54.5 Å². The van der Waals surface area contributed by atoms with Gasteiger partial charge in [0.1, 0.15) is 0 Å². The van der Waals surface area contributed by atoms with Crippen LogP contribution in [-0.2, 0) is 45.3 Å². The number of sulfonamides is 1. The van der Waals surface area contributed by atoms with Crippen LogP contribution in [0.15, 0.2) is 59.5 Å². The lowest BCUT2D eigenvalue weighted by atomic mass is 10.00. The van der Waals surface area contributed by atoms with Gasteiger partial charge in [0.2, 0.25) is 21.8 Å². The van der Waals surface area contributed by atoms with Gasteiger partial charge in [0, 0.05) is 93.0 Å². The zero-order valence-corrected chi connectivity index (χ0v) is 32.5. The predicted octanol–water partition coefficient (Wildman–Crippen LogP) is 4.74. The molecule has 2 aromatic carbocycles. The standard InChI is InChI=1S/C39H47F3N6O5S2/c1-55(52,53)46-21-15-34-32(25-46)38(43-48(34)24-31(49)23-44-17-13-30(14-18-44)47-16-5-8-36(47)50)29-9-10-33(39(40,41)42)35(22-29)54-26-37(51)45-19-11-28(12-20-45)27-6-3-2-4-7-27/h2-4,6-7,9-11,22,30-31,49H,5,8,12-21,23-26H2,1H3. The van der Waals surface area contributed by atoms with Crippen LogP contribution in [0.4, 0.5) is 13.2 Å². The first kappa shape index (κ1) is 39.5. The van der Waals surface area contributed by atoms with Crippen molar-refractivity contribution in [3.63, 3.8) is 0 Å². The van der Waals surface area contributed by atoms with Gasteiger partial charge in [0.15, 0.2) is 0 Å². The van der Waals surface area contributed by atoms with E-state index in [2.05, 4.69) is 4.90 Å². The lowest BCUT2D eigenvalue weighted by Gasteiger charge is -2.37. The molecule has 1 atom stereocenters. The lowest BCUT2D eigenvalue weighted by Crippen LogP contribution is -2.47. The van der Waals surface area contributed by atoms with Crippen LogP contribution in [0.2, 0.25) is 0 Å². The Balaban J connectivity index is 1.08. The Labute approximate surface area is 324 Å². The Morgan fingerprint density at radius 1 is 0.982 bits per heavy atom. The molecule has 4 aliphatic rings. The van der Waals surface area contributed by atoms with Gasteiger partial charge in [0.25, 0.3) is 0 Å². The largest absolute Gasteiger partial charge is 0.417 e. The summed E-state index contributed by atoms with van der Waals surface area (Å²) < 4.78 is 71.2. The number of hydrogen-bond acceptors (Lipinski definition) is 8. The van der Waals surface area contributed by atoms with Gasteiger partial charge in [-0.25, -0.2) is 8.42 Å². The molecule has 0 radical (unpaired) electrons. The van der Waals surface area contributed by atoms with Gasteiger partial charge in [-0.05, 0) is 49.0 Å². The third-order valence-corrected chi connectivity index (χ3v) is 13.4. The highest BCUT2D eigenvalue weighted by molar-refractivity contribution is 8.00. The van der Waals surface area contributed by atoms with E-state index in [4.69, 9.17) is 5.10 Å². The molecule has 3 aromatic rings. The molecule has 16 heteroatoms. The van der Waals surface area contributed by atoms with Gasteiger partial charge < -0.3 is 19.8 Å². The zero-order valence-electron chi connectivity index (χ0n) is 30.9. The predicted molar refractivity (Wildman–Crippen MR) is 204 cm³/mol. The van der Waals surface area contributed by atoms with E-state index in [0.29, 0.717) is 55.7 Å². The molecular weight excluding hydrogens is 754 g/mol. The summed E-state index contributed by atoms with van der Waals surface area (Å²) in [5.41, 5.74) is 3.39. The van der Waals surface area contributed by atoms with Crippen LogP contribution in [0.25, 0.3) is 16.8 Å². The van der Waals surface area contributed by atoms with Gasteiger partial charge in [-0.3, -0.25) is 14.3 Å². The third kappa shape index (κ3) is 9.14. The van der Waals surface area contributed by atoms with Crippen molar-refractivity contribution >= 4 is 39.2 Å². The normalized spacial score (nSPS) is 19.8. The fraction of sp³-hybridized carbons (Fsp3) is 0.513. The molecule has 1 unspecified atom stereocenters. The van der Waals surface area contributed by atoms with Crippen molar-refractivity contribution in [2.45, 2.75) is 74.8 Å². The summed E-state index contributed by atoms with van der Waals surface area (Å²) in [7, 11) is -3.58. The maximum Gasteiger partial charge on any atom is 0.417 e. The molecule has 2 saturated heterocycles. The summed E-state index contributed by atoms with van der Waals surface area (Å²) in [4.78, 5) is 31.2. The summed E-state index contributed by atoms with van der Waals surface area (Å²) in [6.45, 7) is 3.86. The topological polar surface area (TPSA) is 119 Å². The molecule has 11 nitrogen and oxygen atoms in total. The molecule has 4 aliphatic heterocycles. The summed E-state index contributed by atoms with van der Waals surface area (Å²) in [5, 5.41) is 16.1. The van der Waals surface area contributed by atoms with Crippen LogP contribution in [0.5, 0.6) is 0 Å². The minimum Gasteiger partial charge on any atom is -0.390 e. The molecule has 2 fully saturated rings. The summed E-state index contributed by atoms with van der Waals surface area (Å²) in [6.07, 6.45) is 1.78. The number of carbonyl (C=O) groups excluding carboxylic acids is 2. The SMILES string of the molecule is CS(=O)(=O)N1CCc2c(c(-c3ccc(C(F)(F)F)c(SCC(=O)N4CC=C(c5ccccc5)CC4)c3)nn2CC(O)CN2CCC(N3CCCC3=O)CC2)C1. The Morgan fingerprint density at radius 2 is 1.75 bits per heavy atom. The molecule has 0 spiro atoms. The van der Waals surface area contributed by atoms with Crippen LogP contribution in [-0.4, -0.2) is 124 Å². The second-order valence-electron chi connectivity index (χ2n) is 14.9. The zero-order chi connectivity index (χ0) is 38.9. The monoisotopic (exact) mass is 800 g/mol. The number of piperidine rings is 1. The number of rotatable bonds is 11. The van der Waals surface area contributed by atoms with Gasteiger partial charge >= 0.3 is 6.18 Å². The number of aliphatic hydroxyl groups is 1. The number of halogens is 3. The van der Waals surface area contributed by atoms with E-state index >= 15 is 0 Å². The Hall–Kier alpha value is -3.70. The van der Waals surface area contributed by atoms with E-state index in [1.807, 2.05) is 41.3 Å². The third-order valence-electron chi connectivity index (χ3n) is 11.1. The Kier molecular flexibility index (Phi) is 11.8. The van der Waals surface area contributed by atoms with E-state index < -0.39 is 27.9 Å². The molecule has 0 aliphatic carbocycles. The van der Waals surface area contributed by atoms with Crippen molar-refractivity contribution in [2.75, 3.05) is 57.8 Å². The average molecular weight is 801 g/mol. The van der Waals surface area contributed by atoms with Crippen LogP contribution >= 0.6 is 11.8 Å². The number of aromatic nitrogens is 2. The summed E-state index contributed by atoms with van der Waals surface area (Å²) >= 11 is 0.829. The molecule has 7 rings (SSSR count). The van der Waals surface area contributed by atoms with E-state index in [-0.39, 0.29) is 48.1 Å². The first-order valence-corrected chi connectivity index (χ1v) is 21.7. The highest BCUT2D eigenvalue weighted by Crippen LogP contribution is 2.40. The second-order valence-corrected chi connectivity index (χ2v) is 17.9. The van der Waals surface area contributed by atoms with Crippen molar-refractivity contribution in [3.8, 4) is 11.3 Å². The van der Waals surface area contributed by atoms with E-state index in [1.165, 1.54) is 16.4 Å². The van der Waals surface area contributed by atoms with Crippen molar-refractivity contribution < 1.29 is 36.3 Å². The maximum atomic E-state index is 14.3. The Bertz CT molecular complexity index is 2030. The number of fused-ring (bicyclic) bond motifs is 1. The lowest BCUT2D eigenvalue weighted by molar-refractivity contribution is -0.139. The fourth-order valence-corrected chi connectivity index (χ4v) is 10.0. The molecule has 0 bridgehead atoms. The number of nitrogens with zero attached hydrogens (tertiary/aromatic N) is 6. The number of thioether (sulfide) groups is 1. The number of aliphatic hydroxyl groups excluding tert-OH is 1. The smallest absolute Gasteiger partial charge is 0.390 e. The van der Waals surface area contributed by atoms with Crippen LogP contribution < -0.4 is 0 Å². The first-order valence-electron chi connectivity index (χ1n) is 18.8. The van der Waals surface area contributed by atoms with Crippen molar-refractivity contribution in [1.82, 2.24) is 28.8 Å². The highest BCUT2D eigenvalue weighted by Gasteiger charge is 2.36. The van der Waals surface area contributed by atoms with Crippen molar-refractivity contribution in [1.29, 1.82) is 0 Å².